The van der Waals surface area contributed by atoms with Crippen LogP contribution in [0.5, 0.6) is 0 Å². The topological polar surface area (TPSA) is 102 Å². The van der Waals surface area contributed by atoms with Gasteiger partial charge in [0.15, 0.2) is 5.65 Å². The molecule has 1 unspecified atom stereocenters. The zero-order valence-corrected chi connectivity index (χ0v) is 19.7. The summed E-state index contributed by atoms with van der Waals surface area (Å²) >= 11 is 0. The quantitative estimate of drug-likeness (QED) is 0.611. The predicted molar refractivity (Wildman–Crippen MR) is 132 cm³/mol. The zero-order chi connectivity index (χ0) is 23.2. The number of hydrogen-bond acceptors (Lipinski definition) is 7. The SMILES string of the molecule is Cc1cc(Nc2ncc3ncc(=O)n(C4CCCC4)c3n2)ccc1N1CCC(C(C)(C)N)C1. The van der Waals surface area contributed by atoms with E-state index in [4.69, 9.17) is 10.7 Å². The molecule has 1 aliphatic heterocycles. The monoisotopic (exact) mass is 447 g/mol. The second-order valence-electron chi connectivity index (χ2n) is 10.2. The first-order valence-corrected chi connectivity index (χ1v) is 12.0. The summed E-state index contributed by atoms with van der Waals surface area (Å²) < 4.78 is 1.80. The van der Waals surface area contributed by atoms with Gasteiger partial charge in [-0.3, -0.25) is 9.36 Å². The van der Waals surface area contributed by atoms with Crippen molar-refractivity contribution in [3.8, 4) is 0 Å². The van der Waals surface area contributed by atoms with Crippen LogP contribution in [0, 0.1) is 12.8 Å². The Morgan fingerprint density at radius 2 is 1.91 bits per heavy atom. The lowest BCUT2D eigenvalue weighted by Crippen LogP contribution is -2.42. The molecule has 0 amide bonds. The summed E-state index contributed by atoms with van der Waals surface area (Å²) in [5.74, 6) is 0.965. The van der Waals surface area contributed by atoms with E-state index in [9.17, 15) is 4.79 Å². The Bertz CT molecular complexity index is 1220. The molecular formula is C25H33N7O. The minimum absolute atomic E-state index is 0.0937. The maximum absolute atomic E-state index is 12.6. The second-order valence-corrected chi connectivity index (χ2v) is 10.2. The minimum Gasteiger partial charge on any atom is -0.371 e. The molecule has 3 N–H and O–H groups in total. The third-order valence-electron chi connectivity index (χ3n) is 7.25. The number of rotatable bonds is 5. The summed E-state index contributed by atoms with van der Waals surface area (Å²) in [5.41, 5.74) is 10.7. The van der Waals surface area contributed by atoms with E-state index in [0.29, 0.717) is 23.0 Å². The maximum Gasteiger partial charge on any atom is 0.270 e. The molecule has 0 bridgehead atoms. The molecule has 33 heavy (non-hydrogen) atoms. The van der Waals surface area contributed by atoms with Gasteiger partial charge < -0.3 is 16.0 Å². The molecule has 1 saturated carbocycles. The van der Waals surface area contributed by atoms with Crippen LogP contribution in [0.25, 0.3) is 11.2 Å². The van der Waals surface area contributed by atoms with Crippen molar-refractivity contribution in [3.05, 3.63) is 46.5 Å². The third kappa shape index (κ3) is 4.31. The second kappa shape index (κ2) is 8.41. The Morgan fingerprint density at radius 3 is 2.61 bits per heavy atom. The Kier molecular flexibility index (Phi) is 5.56. The normalized spacial score (nSPS) is 19.5. The van der Waals surface area contributed by atoms with Crippen LogP contribution in [0.3, 0.4) is 0 Å². The smallest absolute Gasteiger partial charge is 0.270 e. The third-order valence-corrected chi connectivity index (χ3v) is 7.25. The van der Waals surface area contributed by atoms with Gasteiger partial charge in [-0.2, -0.15) is 4.98 Å². The molecule has 1 aromatic carbocycles. The van der Waals surface area contributed by atoms with Crippen LogP contribution in [0.15, 0.2) is 35.4 Å². The predicted octanol–water partition coefficient (Wildman–Crippen LogP) is 3.92. The number of nitrogens with zero attached hydrogens (tertiary/aromatic N) is 5. The number of nitrogens with two attached hydrogens (primary N) is 1. The molecular weight excluding hydrogens is 414 g/mol. The summed E-state index contributed by atoms with van der Waals surface area (Å²) in [6, 6.07) is 6.53. The summed E-state index contributed by atoms with van der Waals surface area (Å²) in [6.45, 7) is 8.37. The number of benzene rings is 1. The van der Waals surface area contributed by atoms with E-state index in [0.717, 1.165) is 50.9 Å². The van der Waals surface area contributed by atoms with E-state index in [1.54, 1.807) is 10.8 Å². The number of anilines is 3. The van der Waals surface area contributed by atoms with Gasteiger partial charge in [-0.15, -0.1) is 0 Å². The molecule has 1 aliphatic carbocycles. The molecule has 2 fully saturated rings. The van der Waals surface area contributed by atoms with E-state index in [-0.39, 0.29) is 17.1 Å². The lowest BCUT2D eigenvalue weighted by molar-refractivity contribution is 0.348. The van der Waals surface area contributed by atoms with Crippen molar-refractivity contribution >= 4 is 28.5 Å². The Morgan fingerprint density at radius 1 is 1.12 bits per heavy atom. The molecule has 8 heteroatoms. The van der Waals surface area contributed by atoms with Crippen LogP contribution in [-0.2, 0) is 0 Å². The first-order chi connectivity index (χ1) is 15.8. The first kappa shape index (κ1) is 21.8. The molecule has 5 rings (SSSR count). The Hall–Kier alpha value is -3.00. The van der Waals surface area contributed by atoms with E-state index >= 15 is 0 Å². The standard InChI is InChI=1S/C25H33N7O/c1-16-12-18(8-9-21(16)31-11-10-17(15-31)25(2,3)26)29-24-28-13-20-23(30-24)32(22(33)14-27-20)19-6-4-5-7-19/h8-9,12-14,17,19H,4-7,10-11,15,26H2,1-3H3,(H,28,29,30). The van der Waals surface area contributed by atoms with Crippen LogP contribution in [0.1, 0.15) is 57.6 Å². The summed E-state index contributed by atoms with van der Waals surface area (Å²) in [7, 11) is 0. The van der Waals surface area contributed by atoms with E-state index in [1.807, 2.05) is 0 Å². The van der Waals surface area contributed by atoms with Crippen molar-refractivity contribution in [2.45, 2.75) is 64.5 Å². The van der Waals surface area contributed by atoms with Gasteiger partial charge in [0.05, 0.1) is 12.4 Å². The van der Waals surface area contributed by atoms with Crippen molar-refractivity contribution in [3.63, 3.8) is 0 Å². The molecule has 1 atom stereocenters. The fraction of sp³-hybridized carbons (Fsp3) is 0.520. The Labute approximate surface area is 194 Å². The van der Waals surface area contributed by atoms with Crippen molar-refractivity contribution in [2.75, 3.05) is 23.3 Å². The average molecular weight is 448 g/mol. The zero-order valence-electron chi connectivity index (χ0n) is 19.7. The lowest BCUT2D eigenvalue weighted by atomic mass is 9.88. The van der Waals surface area contributed by atoms with Crippen molar-refractivity contribution in [1.29, 1.82) is 0 Å². The highest BCUT2D eigenvalue weighted by atomic mass is 16.1. The van der Waals surface area contributed by atoms with E-state index < -0.39 is 0 Å². The first-order valence-electron chi connectivity index (χ1n) is 12.0. The number of hydrogen-bond donors (Lipinski definition) is 2. The van der Waals surface area contributed by atoms with Crippen LogP contribution in [-0.4, -0.2) is 38.1 Å². The van der Waals surface area contributed by atoms with Crippen LogP contribution < -0.4 is 21.5 Å². The van der Waals surface area contributed by atoms with E-state index in [2.05, 4.69) is 59.2 Å². The van der Waals surface area contributed by atoms with Gasteiger partial charge in [-0.25, -0.2) is 9.97 Å². The molecule has 1 saturated heterocycles. The fourth-order valence-electron chi connectivity index (χ4n) is 5.31. The summed E-state index contributed by atoms with van der Waals surface area (Å²) in [5, 5.41) is 3.32. The average Bonchev–Trinajstić information content (AvgIpc) is 3.46. The molecule has 3 heterocycles. The van der Waals surface area contributed by atoms with E-state index in [1.165, 1.54) is 17.4 Å². The molecule has 8 nitrogen and oxygen atoms in total. The largest absolute Gasteiger partial charge is 0.371 e. The van der Waals surface area contributed by atoms with Gasteiger partial charge in [-0.05, 0) is 69.7 Å². The summed E-state index contributed by atoms with van der Waals surface area (Å²) in [6.07, 6.45) is 8.48. The van der Waals surface area contributed by atoms with Crippen molar-refractivity contribution in [1.82, 2.24) is 19.5 Å². The maximum atomic E-state index is 12.6. The van der Waals surface area contributed by atoms with Gasteiger partial charge in [0, 0.05) is 36.0 Å². The number of nitrogens with one attached hydrogen (secondary N) is 1. The van der Waals surface area contributed by atoms with Gasteiger partial charge in [0.2, 0.25) is 5.95 Å². The highest BCUT2D eigenvalue weighted by molar-refractivity contribution is 5.72. The van der Waals surface area contributed by atoms with Crippen molar-refractivity contribution < 1.29 is 0 Å². The molecule has 0 radical (unpaired) electrons. The molecule has 3 aromatic rings. The van der Waals surface area contributed by atoms with Gasteiger partial charge in [-0.1, -0.05) is 12.8 Å². The summed E-state index contributed by atoms with van der Waals surface area (Å²) in [4.78, 5) is 28.4. The molecule has 2 aromatic heterocycles. The number of aromatic nitrogens is 4. The molecule has 174 valence electrons. The van der Waals surface area contributed by atoms with Gasteiger partial charge in [0.25, 0.3) is 5.56 Å². The number of fused-ring (bicyclic) bond motifs is 1. The highest BCUT2D eigenvalue weighted by Crippen LogP contribution is 2.33. The molecule has 0 spiro atoms. The minimum atomic E-state index is -0.161. The molecule has 2 aliphatic rings. The van der Waals surface area contributed by atoms with Gasteiger partial charge in [0.1, 0.15) is 5.52 Å². The number of aryl methyl sites for hydroxylation is 1. The van der Waals surface area contributed by atoms with Crippen LogP contribution in [0.4, 0.5) is 17.3 Å². The highest BCUT2D eigenvalue weighted by Gasteiger charge is 2.32. The van der Waals surface area contributed by atoms with Crippen LogP contribution >= 0.6 is 0 Å². The fourth-order valence-corrected chi connectivity index (χ4v) is 5.31. The van der Waals surface area contributed by atoms with Crippen molar-refractivity contribution in [2.24, 2.45) is 11.7 Å². The lowest BCUT2D eigenvalue weighted by Gasteiger charge is -2.28. The van der Waals surface area contributed by atoms with Gasteiger partial charge >= 0.3 is 0 Å². The van der Waals surface area contributed by atoms with Crippen LogP contribution in [0.2, 0.25) is 0 Å². The Balaban J connectivity index is 1.39.